The van der Waals surface area contributed by atoms with Crippen molar-refractivity contribution in [2.45, 2.75) is 76.3 Å². The zero-order chi connectivity index (χ0) is 21.6. The van der Waals surface area contributed by atoms with Crippen LogP contribution in [0.3, 0.4) is 0 Å². The largest absolute Gasteiger partial charge is 0.335 e. The van der Waals surface area contributed by atoms with E-state index in [4.69, 9.17) is 0 Å². The van der Waals surface area contributed by atoms with Crippen molar-refractivity contribution in [3.05, 3.63) is 11.6 Å². The third kappa shape index (κ3) is 5.75. The van der Waals surface area contributed by atoms with Crippen LogP contribution in [0.1, 0.15) is 64.2 Å². The van der Waals surface area contributed by atoms with Crippen LogP contribution in [-0.2, 0) is 9.59 Å². The van der Waals surface area contributed by atoms with Crippen LogP contribution in [0.2, 0.25) is 0 Å². The molecule has 1 aromatic rings. The number of nitrogens with one attached hydrogen (secondary N) is 2. The molecule has 0 bridgehead atoms. The Morgan fingerprint density at radius 1 is 1.10 bits per heavy atom. The first kappa shape index (κ1) is 22.0. The van der Waals surface area contributed by atoms with Gasteiger partial charge in [-0.1, -0.05) is 44.9 Å². The normalized spacial score (nSPS) is 21.9. The van der Waals surface area contributed by atoms with Gasteiger partial charge < -0.3 is 20.4 Å². The maximum absolute atomic E-state index is 13.1. The molecule has 31 heavy (non-hydrogen) atoms. The van der Waals surface area contributed by atoms with Gasteiger partial charge >= 0.3 is 6.03 Å². The predicted octanol–water partition coefficient (Wildman–Crippen LogP) is 3.22. The predicted molar refractivity (Wildman–Crippen MR) is 120 cm³/mol. The average Bonchev–Trinajstić information content (AvgIpc) is 3.47. The van der Waals surface area contributed by atoms with Crippen molar-refractivity contribution >= 4 is 34.3 Å². The minimum atomic E-state index is -0.514. The summed E-state index contributed by atoms with van der Waals surface area (Å²) in [6.45, 7) is 0.875. The maximum atomic E-state index is 13.1. The molecular formula is C22H33N5O3S. The fourth-order valence-electron chi connectivity index (χ4n) is 5.11. The van der Waals surface area contributed by atoms with E-state index in [1.54, 1.807) is 16.0 Å². The Kier molecular flexibility index (Phi) is 7.42. The van der Waals surface area contributed by atoms with Gasteiger partial charge in [-0.2, -0.15) is 0 Å². The summed E-state index contributed by atoms with van der Waals surface area (Å²) in [5, 5.41) is 8.33. The molecule has 2 N–H and O–H groups in total. The van der Waals surface area contributed by atoms with Crippen LogP contribution >= 0.6 is 11.3 Å². The molecule has 0 aromatic carbocycles. The monoisotopic (exact) mass is 447 g/mol. The first-order chi connectivity index (χ1) is 15.1. The molecule has 1 aliphatic heterocycles. The number of nitrogens with zero attached hydrogens (tertiary/aromatic N) is 3. The van der Waals surface area contributed by atoms with Crippen molar-refractivity contribution in [2.24, 2.45) is 5.92 Å². The number of hydrogen-bond acceptors (Lipinski definition) is 5. The Hall–Kier alpha value is -2.16. The van der Waals surface area contributed by atoms with E-state index in [9.17, 15) is 14.4 Å². The van der Waals surface area contributed by atoms with Crippen molar-refractivity contribution in [1.82, 2.24) is 20.1 Å². The first-order valence-electron chi connectivity index (χ1n) is 11.7. The molecular weight excluding hydrogens is 414 g/mol. The number of carbonyl (C=O) groups excluding carboxylic acids is 3. The lowest BCUT2D eigenvalue weighted by Crippen LogP contribution is -2.60. The molecule has 2 aliphatic carbocycles. The number of carbonyl (C=O) groups is 3. The second kappa shape index (κ2) is 10.4. The molecule has 1 atom stereocenters. The second-order valence-electron chi connectivity index (χ2n) is 9.02. The van der Waals surface area contributed by atoms with E-state index < -0.39 is 6.04 Å². The van der Waals surface area contributed by atoms with E-state index in [2.05, 4.69) is 15.6 Å². The molecule has 3 fully saturated rings. The number of urea groups is 1. The first-order valence-corrected chi connectivity index (χ1v) is 12.5. The van der Waals surface area contributed by atoms with Crippen LogP contribution in [0.15, 0.2) is 11.6 Å². The molecule has 4 amide bonds. The van der Waals surface area contributed by atoms with Crippen LogP contribution < -0.4 is 10.6 Å². The number of anilines is 1. The van der Waals surface area contributed by atoms with Gasteiger partial charge in [-0.05, 0) is 25.2 Å². The SMILES string of the molecule is O=C(Nc1nccs1)[C@H](CC1CCCCC1)N1CCN(C(=O)NC2CCCC2)CC1=O. The van der Waals surface area contributed by atoms with Gasteiger partial charge in [-0.3, -0.25) is 9.59 Å². The Balaban J connectivity index is 1.39. The molecule has 2 heterocycles. The minimum Gasteiger partial charge on any atom is -0.335 e. The minimum absolute atomic E-state index is 0.0320. The lowest BCUT2D eigenvalue weighted by molar-refractivity contribution is -0.142. The number of thiazole rings is 1. The Bertz CT molecular complexity index is 759. The molecule has 3 aliphatic rings. The summed E-state index contributed by atoms with van der Waals surface area (Å²) in [6, 6.07) is -0.445. The van der Waals surface area contributed by atoms with E-state index in [0.29, 0.717) is 30.6 Å². The van der Waals surface area contributed by atoms with Gasteiger partial charge in [-0.15, -0.1) is 11.3 Å². The van der Waals surface area contributed by atoms with Gasteiger partial charge in [0, 0.05) is 30.7 Å². The third-order valence-corrected chi connectivity index (χ3v) is 7.54. The van der Waals surface area contributed by atoms with Crippen LogP contribution in [0.4, 0.5) is 9.93 Å². The van der Waals surface area contributed by atoms with E-state index >= 15 is 0 Å². The summed E-state index contributed by atoms with van der Waals surface area (Å²) in [5.74, 6) is 0.137. The quantitative estimate of drug-likeness (QED) is 0.700. The molecule has 4 rings (SSSR count). The molecule has 1 saturated heterocycles. The van der Waals surface area contributed by atoms with Gasteiger partial charge in [0.2, 0.25) is 11.8 Å². The number of amides is 4. The Morgan fingerprint density at radius 3 is 2.52 bits per heavy atom. The fraction of sp³-hybridized carbons (Fsp3) is 0.727. The Morgan fingerprint density at radius 2 is 1.84 bits per heavy atom. The number of rotatable bonds is 6. The van der Waals surface area contributed by atoms with E-state index in [-0.39, 0.29) is 30.4 Å². The molecule has 0 radical (unpaired) electrons. The number of hydrogen-bond donors (Lipinski definition) is 2. The van der Waals surface area contributed by atoms with Gasteiger partial charge in [-0.25, -0.2) is 9.78 Å². The summed E-state index contributed by atoms with van der Waals surface area (Å²) in [4.78, 5) is 46.2. The molecule has 170 valence electrons. The molecule has 8 nitrogen and oxygen atoms in total. The van der Waals surface area contributed by atoms with Crippen molar-refractivity contribution in [3.63, 3.8) is 0 Å². The van der Waals surface area contributed by atoms with Crippen molar-refractivity contribution in [3.8, 4) is 0 Å². The van der Waals surface area contributed by atoms with Crippen molar-refractivity contribution in [1.29, 1.82) is 0 Å². The summed E-state index contributed by atoms with van der Waals surface area (Å²) in [6.07, 6.45) is 12.5. The lowest BCUT2D eigenvalue weighted by atomic mass is 9.84. The lowest BCUT2D eigenvalue weighted by Gasteiger charge is -2.40. The average molecular weight is 448 g/mol. The number of aromatic nitrogens is 1. The van der Waals surface area contributed by atoms with Crippen LogP contribution in [-0.4, -0.2) is 64.3 Å². The summed E-state index contributed by atoms with van der Waals surface area (Å²) >= 11 is 1.37. The highest BCUT2D eigenvalue weighted by molar-refractivity contribution is 7.13. The van der Waals surface area contributed by atoms with Crippen molar-refractivity contribution < 1.29 is 14.4 Å². The summed E-state index contributed by atoms with van der Waals surface area (Å²) < 4.78 is 0. The second-order valence-corrected chi connectivity index (χ2v) is 9.92. The van der Waals surface area contributed by atoms with Crippen LogP contribution in [0.25, 0.3) is 0 Å². The van der Waals surface area contributed by atoms with Crippen molar-refractivity contribution in [2.75, 3.05) is 25.0 Å². The number of piperazine rings is 1. The third-order valence-electron chi connectivity index (χ3n) is 6.85. The zero-order valence-electron chi connectivity index (χ0n) is 18.1. The molecule has 9 heteroatoms. The van der Waals surface area contributed by atoms with Gasteiger partial charge in [0.1, 0.15) is 12.6 Å². The van der Waals surface area contributed by atoms with Gasteiger partial charge in [0.25, 0.3) is 0 Å². The van der Waals surface area contributed by atoms with Gasteiger partial charge in [0.15, 0.2) is 5.13 Å². The highest BCUT2D eigenvalue weighted by Crippen LogP contribution is 2.30. The molecule has 1 aromatic heterocycles. The maximum Gasteiger partial charge on any atom is 0.318 e. The Labute approximate surface area is 187 Å². The summed E-state index contributed by atoms with van der Waals surface area (Å²) in [7, 11) is 0. The van der Waals surface area contributed by atoms with E-state index in [1.165, 1.54) is 30.6 Å². The van der Waals surface area contributed by atoms with Crippen LogP contribution in [0, 0.1) is 5.92 Å². The highest BCUT2D eigenvalue weighted by atomic mass is 32.1. The molecule has 0 unspecified atom stereocenters. The molecule has 0 spiro atoms. The highest BCUT2D eigenvalue weighted by Gasteiger charge is 2.37. The molecule has 2 saturated carbocycles. The van der Waals surface area contributed by atoms with Gasteiger partial charge in [0.05, 0.1) is 0 Å². The standard InChI is InChI=1S/C22H33N5O3S/c28-19-15-26(22(30)24-17-8-4-5-9-17)11-12-27(19)18(14-16-6-2-1-3-7-16)20(29)25-21-23-10-13-31-21/h10,13,16-18H,1-9,11-12,14-15H2,(H,24,30)(H,23,25,29)/t18-/m0/s1. The topological polar surface area (TPSA) is 94.6 Å². The van der Waals surface area contributed by atoms with E-state index in [1.807, 2.05) is 5.38 Å². The zero-order valence-corrected chi connectivity index (χ0v) is 18.9. The smallest absolute Gasteiger partial charge is 0.318 e. The van der Waals surface area contributed by atoms with Crippen LogP contribution in [0.5, 0.6) is 0 Å². The summed E-state index contributed by atoms with van der Waals surface area (Å²) in [5.41, 5.74) is 0. The fourth-order valence-corrected chi connectivity index (χ4v) is 5.65. The van der Waals surface area contributed by atoms with E-state index in [0.717, 1.165) is 38.5 Å².